The Balaban J connectivity index is 2.74. The van der Waals surface area contributed by atoms with Gasteiger partial charge in [-0.3, -0.25) is 4.79 Å². The quantitative estimate of drug-likeness (QED) is 0.303. The lowest BCUT2D eigenvalue weighted by Gasteiger charge is -2.15. The standard InChI is InChI=1S/C11H13FN4O3/c12-7-2-3-9(17)8(6-7)10(11(18)19)14-4-1-5-15-16-13/h2-3,6,10,14,17H,1,4-5H2,(H,18,19). The number of aliphatic carboxylic acids is 1. The van der Waals surface area contributed by atoms with E-state index in [0.29, 0.717) is 6.42 Å². The highest BCUT2D eigenvalue weighted by Gasteiger charge is 2.22. The van der Waals surface area contributed by atoms with E-state index in [4.69, 9.17) is 10.6 Å². The van der Waals surface area contributed by atoms with Gasteiger partial charge in [-0.25, -0.2) is 4.39 Å². The van der Waals surface area contributed by atoms with Crippen molar-refractivity contribution in [2.24, 2.45) is 5.11 Å². The Kier molecular flexibility index (Phi) is 5.59. The fraction of sp³-hybridized carbons (Fsp3) is 0.364. The van der Waals surface area contributed by atoms with Gasteiger partial charge >= 0.3 is 5.97 Å². The Morgan fingerprint density at radius 3 is 2.95 bits per heavy atom. The van der Waals surface area contributed by atoms with E-state index >= 15 is 0 Å². The molecule has 0 amide bonds. The molecule has 0 heterocycles. The zero-order valence-corrected chi connectivity index (χ0v) is 9.95. The Labute approximate surface area is 108 Å². The summed E-state index contributed by atoms with van der Waals surface area (Å²) < 4.78 is 13.1. The van der Waals surface area contributed by atoms with Gasteiger partial charge in [0.15, 0.2) is 0 Å². The predicted octanol–water partition coefficient (Wildman–Crippen LogP) is 1.95. The summed E-state index contributed by atoms with van der Waals surface area (Å²) >= 11 is 0. The molecule has 3 N–H and O–H groups in total. The summed E-state index contributed by atoms with van der Waals surface area (Å²) in [5, 5.41) is 24.6. The van der Waals surface area contributed by atoms with Crippen molar-refractivity contribution < 1.29 is 19.4 Å². The van der Waals surface area contributed by atoms with E-state index in [1.165, 1.54) is 0 Å². The number of carboxylic acid groups (broad SMARTS) is 1. The van der Waals surface area contributed by atoms with Crippen LogP contribution in [0.5, 0.6) is 5.75 Å². The maximum Gasteiger partial charge on any atom is 0.325 e. The lowest BCUT2D eigenvalue weighted by atomic mass is 10.1. The lowest BCUT2D eigenvalue weighted by molar-refractivity contribution is -0.139. The second-order valence-electron chi connectivity index (χ2n) is 3.74. The van der Waals surface area contributed by atoms with E-state index in [2.05, 4.69) is 15.3 Å². The van der Waals surface area contributed by atoms with E-state index in [1.54, 1.807) is 0 Å². The van der Waals surface area contributed by atoms with Gasteiger partial charge < -0.3 is 15.5 Å². The molecule has 0 spiro atoms. The lowest BCUT2D eigenvalue weighted by Crippen LogP contribution is -2.29. The van der Waals surface area contributed by atoms with Crippen LogP contribution in [-0.4, -0.2) is 29.3 Å². The Morgan fingerprint density at radius 2 is 2.32 bits per heavy atom. The van der Waals surface area contributed by atoms with Gasteiger partial charge in [-0.2, -0.15) is 0 Å². The number of halogens is 1. The van der Waals surface area contributed by atoms with Gasteiger partial charge in [-0.05, 0) is 36.7 Å². The van der Waals surface area contributed by atoms with Crippen LogP contribution >= 0.6 is 0 Å². The van der Waals surface area contributed by atoms with E-state index in [-0.39, 0.29) is 24.4 Å². The maximum atomic E-state index is 13.1. The second kappa shape index (κ2) is 7.20. The molecule has 1 atom stereocenters. The Hall–Kier alpha value is -2.31. The van der Waals surface area contributed by atoms with E-state index < -0.39 is 17.8 Å². The molecule has 0 saturated carbocycles. The Bertz CT molecular complexity index is 503. The smallest absolute Gasteiger partial charge is 0.325 e. The second-order valence-corrected chi connectivity index (χ2v) is 3.74. The first-order valence-corrected chi connectivity index (χ1v) is 5.51. The van der Waals surface area contributed by atoms with Gasteiger partial charge in [0, 0.05) is 17.0 Å². The zero-order valence-electron chi connectivity index (χ0n) is 9.95. The maximum absolute atomic E-state index is 13.1. The number of hydrogen-bond acceptors (Lipinski definition) is 4. The van der Waals surface area contributed by atoms with Crippen molar-refractivity contribution in [3.63, 3.8) is 0 Å². The summed E-state index contributed by atoms with van der Waals surface area (Å²) in [6.45, 7) is 0.483. The molecule has 8 heteroatoms. The average molecular weight is 268 g/mol. The van der Waals surface area contributed by atoms with Crippen LogP contribution in [0.2, 0.25) is 0 Å². The number of carboxylic acids is 1. The third-order valence-corrected chi connectivity index (χ3v) is 2.39. The summed E-state index contributed by atoms with van der Waals surface area (Å²) in [5.74, 6) is -2.16. The monoisotopic (exact) mass is 268 g/mol. The number of benzene rings is 1. The van der Waals surface area contributed by atoms with Crippen LogP contribution in [0.1, 0.15) is 18.0 Å². The van der Waals surface area contributed by atoms with E-state index in [9.17, 15) is 14.3 Å². The molecule has 7 nitrogen and oxygen atoms in total. The molecule has 102 valence electrons. The molecule has 1 aromatic rings. The highest BCUT2D eigenvalue weighted by Crippen LogP contribution is 2.25. The topological polar surface area (TPSA) is 118 Å². The normalized spacial score (nSPS) is 11.6. The van der Waals surface area contributed by atoms with Gasteiger partial charge in [-0.15, -0.1) is 0 Å². The van der Waals surface area contributed by atoms with Crippen LogP contribution < -0.4 is 5.32 Å². The highest BCUT2D eigenvalue weighted by atomic mass is 19.1. The molecular weight excluding hydrogens is 255 g/mol. The molecular formula is C11H13FN4O3. The van der Waals surface area contributed by atoms with Crippen molar-refractivity contribution in [2.45, 2.75) is 12.5 Å². The first-order valence-electron chi connectivity index (χ1n) is 5.51. The molecule has 0 aliphatic carbocycles. The largest absolute Gasteiger partial charge is 0.508 e. The van der Waals surface area contributed by atoms with Gasteiger partial charge in [0.25, 0.3) is 0 Å². The first kappa shape index (κ1) is 14.7. The Morgan fingerprint density at radius 1 is 1.58 bits per heavy atom. The van der Waals surface area contributed by atoms with Crippen molar-refractivity contribution in [2.75, 3.05) is 13.1 Å². The summed E-state index contributed by atoms with van der Waals surface area (Å²) in [6.07, 6.45) is 0.434. The number of phenols is 1. The van der Waals surface area contributed by atoms with E-state index in [1.807, 2.05) is 0 Å². The van der Waals surface area contributed by atoms with Crippen molar-refractivity contribution in [1.29, 1.82) is 0 Å². The fourth-order valence-corrected chi connectivity index (χ4v) is 1.53. The van der Waals surface area contributed by atoms with Crippen LogP contribution in [-0.2, 0) is 4.79 Å². The molecule has 0 aliphatic heterocycles. The van der Waals surface area contributed by atoms with Gasteiger partial charge in [-0.1, -0.05) is 5.11 Å². The van der Waals surface area contributed by atoms with Gasteiger partial charge in [0.2, 0.25) is 0 Å². The summed E-state index contributed by atoms with van der Waals surface area (Å²) in [5.41, 5.74) is 8.03. The first-order chi connectivity index (χ1) is 9.06. The van der Waals surface area contributed by atoms with E-state index in [0.717, 1.165) is 18.2 Å². The number of phenolic OH excluding ortho intramolecular Hbond substituents is 1. The van der Waals surface area contributed by atoms with Crippen molar-refractivity contribution in [3.05, 3.63) is 40.0 Å². The predicted molar refractivity (Wildman–Crippen MR) is 65.1 cm³/mol. The number of hydrogen-bond donors (Lipinski definition) is 3. The summed E-state index contributed by atoms with van der Waals surface area (Å²) in [7, 11) is 0. The van der Waals surface area contributed by atoms with Crippen LogP contribution in [0.25, 0.3) is 10.4 Å². The molecule has 0 fully saturated rings. The molecule has 1 rings (SSSR count). The molecule has 19 heavy (non-hydrogen) atoms. The zero-order chi connectivity index (χ0) is 14.3. The molecule has 0 saturated heterocycles. The molecule has 1 unspecified atom stereocenters. The molecule has 1 aromatic carbocycles. The van der Waals surface area contributed by atoms with Gasteiger partial charge in [0.1, 0.15) is 17.6 Å². The van der Waals surface area contributed by atoms with Crippen LogP contribution in [0.3, 0.4) is 0 Å². The van der Waals surface area contributed by atoms with Crippen LogP contribution in [0.15, 0.2) is 23.3 Å². The third kappa shape index (κ3) is 4.46. The number of azide groups is 1. The SMILES string of the molecule is [N-]=[N+]=NCCCNC(C(=O)O)c1cc(F)ccc1O. The molecule has 0 radical (unpaired) electrons. The minimum absolute atomic E-state index is 0.0451. The van der Waals surface area contributed by atoms with Crippen molar-refractivity contribution >= 4 is 5.97 Å². The van der Waals surface area contributed by atoms with Crippen LogP contribution in [0, 0.1) is 5.82 Å². The number of nitrogens with zero attached hydrogens (tertiary/aromatic N) is 3. The number of aromatic hydroxyl groups is 1. The molecule has 0 aliphatic rings. The molecule has 0 bridgehead atoms. The van der Waals surface area contributed by atoms with Crippen molar-refractivity contribution in [3.8, 4) is 5.75 Å². The minimum atomic E-state index is -1.23. The number of rotatable bonds is 7. The average Bonchev–Trinajstić information content (AvgIpc) is 2.37. The van der Waals surface area contributed by atoms with Crippen molar-refractivity contribution in [1.82, 2.24) is 5.32 Å². The third-order valence-electron chi connectivity index (χ3n) is 2.39. The van der Waals surface area contributed by atoms with Crippen LogP contribution in [0.4, 0.5) is 4.39 Å². The summed E-state index contributed by atoms with van der Waals surface area (Å²) in [4.78, 5) is 13.7. The molecule has 0 aromatic heterocycles. The highest BCUT2D eigenvalue weighted by molar-refractivity contribution is 5.76. The van der Waals surface area contributed by atoms with Gasteiger partial charge in [0.05, 0.1) is 0 Å². The fourth-order valence-electron chi connectivity index (χ4n) is 1.53. The summed E-state index contributed by atoms with van der Waals surface area (Å²) in [6, 6.07) is 1.89. The number of nitrogens with one attached hydrogen (secondary N) is 1. The number of carbonyl (C=O) groups is 1. The minimum Gasteiger partial charge on any atom is -0.508 e.